The lowest BCUT2D eigenvalue weighted by atomic mass is 10.2. The fourth-order valence-electron chi connectivity index (χ4n) is 2.87. The van der Waals surface area contributed by atoms with Gasteiger partial charge < -0.3 is 4.74 Å². The van der Waals surface area contributed by atoms with Crippen molar-refractivity contribution in [1.82, 2.24) is 24.1 Å². The lowest BCUT2D eigenvalue weighted by Gasteiger charge is -2.08. The number of benzene rings is 1. The maximum atomic E-state index is 12.2. The minimum atomic E-state index is -0.0746. The predicted molar refractivity (Wildman–Crippen MR) is 116 cm³/mol. The van der Waals surface area contributed by atoms with Crippen LogP contribution in [0.4, 0.5) is 0 Å². The molecular formula is C20H19N5O2S2. The van der Waals surface area contributed by atoms with Crippen LogP contribution in [0.15, 0.2) is 64.5 Å². The molecule has 3 heterocycles. The third-order valence-corrected chi connectivity index (χ3v) is 5.91. The second-order valence-electron chi connectivity index (χ2n) is 6.09. The van der Waals surface area contributed by atoms with Crippen molar-refractivity contribution in [2.75, 3.05) is 6.61 Å². The zero-order valence-electron chi connectivity index (χ0n) is 15.8. The SMILES string of the molecule is C=CCn1c(SCc2cc(=O)n3ccsc3n2)nnc1-c1ccc(OCC)cc1. The number of aromatic nitrogens is 5. The molecule has 0 aliphatic rings. The minimum Gasteiger partial charge on any atom is -0.494 e. The summed E-state index contributed by atoms with van der Waals surface area (Å²) in [6, 6.07) is 9.35. The van der Waals surface area contributed by atoms with E-state index >= 15 is 0 Å². The van der Waals surface area contributed by atoms with Crippen molar-refractivity contribution in [2.45, 2.75) is 24.4 Å². The molecule has 0 radical (unpaired) electrons. The highest BCUT2D eigenvalue weighted by molar-refractivity contribution is 7.98. The van der Waals surface area contributed by atoms with Crippen molar-refractivity contribution in [3.05, 3.63) is 70.6 Å². The van der Waals surface area contributed by atoms with Gasteiger partial charge in [0.25, 0.3) is 5.56 Å². The summed E-state index contributed by atoms with van der Waals surface area (Å²) in [7, 11) is 0. The van der Waals surface area contributed by atoms with Crippen LogP contribution < -0.4 is 10.3 Å². The van der Waals surface area contributed by atoms with Gasteiger partial charge in [0.15, 0.2) is 15.9 Å². The van der Waals surface area contributed by atoms with Gasteiger partial charge >= 0.3 is 0 Å². The molecule has 0 bridgehead atoms. The minimum absolute atomic E-state index is 0.0746. The van der Waals surface area contributed by atoms with Crippen molar-refractivity contribution >= 4 is 28.1 Å². The van der Waals surface area contributed by atoms with Crippen LogP contribution in [-0.4, -0.2) is 30.8 Å². The first-order valence-electron chi connectivity index (χ1n) is 9.05. The Labute approximate surface area is 175 Å². The van der Waals surface area contributed by atoms with E-state index in [1.807, 2.05) is 47.2 Å². The van der Waals surface area contributed by atoms with Crippen molar-refractivity contribution in [3.63, 3.8) is 0 Å². The highest BCUT2D eigenvalue weighted by Crippen LogP contribution is 2.27. The van der Waals surface area contributed by atoms with Gasteiger partial charge in [0, 0.05) is 35.5 Å². The maximum Gasteiger partial charge on any atom is 0.258 e. The number of hydrogen-bond acceptors (Lipinski definition) is 7. The van der Waals surface area contributed by atoms with Crippen molar-refractivity contribution in [3.8, 4) is 17.1 Å². The summed E-state index contributed by atoms with van der Waals surface area (Å²) in [6.07, 6.45) is 3.55. The number of fused-ring (bicyclic) bond motifs is 1. The number of allylic oxidation sites excluding steroid dienone is 1. The highest BCUT2D eigenvalue weighted by atomic mass is 32.2. The van der Waals surface area contributed by atoms with E-state index < -0.39 is 0 Å². The van der Waals surface area contributed by atoms with Crippen LogP contribution >= 0.6 is 23.1 Å². The molecule has 9 heteroatoms. The molecule has 0 unspecified atom stereocenters. The van der Waals surface area contributed by atoms with Crippen LogP contribution in [0.5, 0.6) is 5.75 Å². The fraction of sp³-hybridized carbons (Fsp3) is 0.200. The van der Waals surface area contributed by atoms with Gasteiger partial charge in [0.05, 0.1) is 12.3 Å². The smallest absolute Gasteiger partial charge is 0.258 e. The van der Waals surface area contributed by atoms with E-state index in [4.69, 9.17) is 4.74 Å². The van der Waals surface area contributed by atoms with Gasteiger partial charge in [0.2, 0.25) is 0 Å². The molecule has 4 aromatic rings. The predicted octanol–water partition coefficient (Wildman–Crippen LogP) is 3.89. The normalized spacial score (nSPS) is 11.1. The number of rotatable bonds is 8. The van der Waals surface area contributed by atoms with Crippen LogP contribution in [0.25, 0.3) is 16.3 Å². The van der Waals surface area contributed by atoms with Crippen LogP contribution in [0.1, 0.15) is 12.6 Å². The Morgan fingerprint density at radius 1 is 1.28 bits per heavy atom. The summed E-state index contributed by atoms with van der Waals surface area (Å²) in [5.74, 6) is 2.11. The van der Waals surface area contributed by atoms with Gasteiger partial charge in [-0.05, 0) is 31.2 Å². The Hall–Kier alpha value is -2.91. The average Bonchev–Trinajstić information content (AvgIpc) is 3.35. The molecule has 29 heavy (non-hydrogen) atoms. The standard InChI is InChI=1S/C20H19N5O2S2/c1-3-9-25-18(14-5-7-16(8-6-14)27-4-2)22-23-20(25)29-13-15-12-17(26)24-10-11-28-19(24)21-15/h3,5-8,10-12H,1,4,9,13H2,2H3. The highest BCUT2D eigenvalue weighted by Gasteiger charge is 2.14. The largest absolute Gasteiger partial charge is 0.494 e. The number of hydrogen-bond donors (Lipinski definition) is 0. The van der Waals surface area contributed by atoms with Crippen LogP contribution in [0, 0.1) is 0 Å². The Kier molecular flexibility index (Phi) is 5.77. The Bertz CT molecular complexity index is 1190. The van der Waals surface area contributed by atoms with Gasteiger partial charge in [0.1, 0.15) is 5.75 Å². The summed E-state index contributed by atoms with van der Waals surface area (Å²) in [6.45, 7) is 7.01. The Morgan fingerprint density at radius 2 is 2.10 bits per heavy atom. The zero-order chi connectivity index (χ0) is 20.2. The van der Waals surface area contributed by atoms with E-state index in [1.165, 1.54) is 23.1 Å². The molecule has 0 saturated carbocycles. The first kappa shape index (κ1) is 19.4. The molecule has 0 amide bonds. The number of nitrogens with zero attached hydrogens (tertiary/aromatic N) is 5. The van der Waals surface area contributed by atoms with E-state index in [2.05, 4.69) is 21.8 Å². The van der Waals surface area contributed by atoms with Crippen molar-refractivity contribution in [2.24, 2.45) is 0 Å². The third kappa shape index (κ3) is 4.10. The lowest BCUT2D eigenvalue weighted by Crippen LogP contribution is -2.12. The van der Waals surface area contributed by atoms with E-state index in [0.717, 1.165) is 28.0 Å². The summed E-state index contributed by atoms with van der Waals surface area (Å²) < 4.78 is 9.05. The number of thiazole rings is 1. The van der Waals surface area contributed by atoms with Gasteiger partial charge in [-0.25, -0.2) is 4.98 Å². The summed E-state index contributed by atoms with van der Waals surface area (Å²) in [4.78, 5) is 17.4. The molecule has 0 N–H and O–H groups in total. The maximum absolute atomic E-state index is 12.2. The molecule has 7 nitrogen and oxygen atoms in total. The van der Waals surface area contributed by atoms with E-state index in [0.29, 0.717) is 23.9 Å². The molecule has 3 aromatic heterocycles. The van der Waals surface area contributed by atoms with Crippen molar-refractivity contribution in [1.29, 1.82) is 0 Å². The summed E-state index contributed by atoms with van der Waals surface area (Å²) in [5, 5.41) is 11.3. The summed E-state index contributed by atoms with van der Waals surface area (Å²) in [5.41, 5.74) is 1.60. The van der Waals surface area contributed by atoms with Crippen LogP contribution in [0.2, 0.25) is 0 Å². The first-order chi connectivity index (χ1) is 14.2. The molecule has 0 saturated heterocycles. The number of thioether (sulfide) groups is 1. The van der Waals surface area contributed by atoms with Crippen molar-refractivity contribution < 1.29 is 4.74 Å². The molecule has 0 fully saturated rings. The Balaban J connectivity index is 1.58. The van der Waals surface area contributed by atoms with Gasteiger partial charge in [-0.2, -0.15) is 0 Å². The molecule has 0 spiro atoms. The van der Waals surface area contributed by atoms with E-state index in [1.54, 1.807) is 16.7 Å². The third-order valence-electron chi connectivity index (χ3n) is 4.16. The zero-order valence-corrected chi connectivity index (χ0v) is 17.4. The van der Waals surface area contributed by atoms with Crippen LogP contribution in [0.3, 0.4) is 0 Å². The molecule has 0 aliphatic carbocycles. The molecule has 0 atom stereocenters. The second-order valence-corrected chi connectivity index (χ2v) is 7.91. The quantitative estimate of drug-likeness (QED) is 0.315. The summed E-state index contributed by atoms with van der Waals surface area (Å²) >= 11 is 2.94. The van der Waals surface area contributed by atoms with E-state index in [-0.39, 0.29) is 5.56 Å². The lowest BCUT2D eigenvalue weighted by molar-refractivity contribution is 0.340. The monoisotopic (exact) mass is 425 g/mol. The Morgan fingerprint density at radius 3 is 2.86 bits per heavy atom. The van der Waals surface area contributed by atoms with Gasteiger partial charge in [-0.1, -0.05) is 17.8 Å². The van der Waals surface area contributed by atoms with Gasteiger partial charge in [-0.3, -0.25) is 13.8 Å². The average molecular weight is 426 g/mol. The molecule has 148 valence electrons. The second kappa shape index (κ2) is 8.62. The van der Waals surface area contributed by atoms with Crippen LogP contribution in [-0.2, 0) is 12.3 Å². The number of ether oxygens (including phenoxy) is 1. The topological polar surface area (TPSA) is 74.3 Å². The first-order valence-corrected chi connectivity index (χ1v) is 10.9. The molecule has 1 aromatic carbocycles. The molecule has 4 rings (SSSR count). The van der Waals surface area contributed by atoms with E-state index in [9.17, 15) is 4.79 Å². The molecule has 0 aliphatic heterocycles. The fourth-order valence-corrected chi connectivity index (χ4v) is 4.45. The molecular weight excluding hydrogens is 406 g/mol. The van der Waals surface area contributed by atoms with Gasteiger partial charge in [-0.15, -0.1) is 28.1 Å².